The topological polar surface area (TPSA) is 94.1 Å². The molecule has 1 fully saturated rings. The number of benzene rings is 3. The summed E-state index contributed by atoms with van der Waals surface area (Å²) in [6.45, 7) is 1.87. The molecule has 180 valence electrons. The zero-order valence-electron chi connectivity index (χ0n) is 18.4. The minimum atomic E-state index is -4.08. The molecule has 0 radical (unpaired) electrons. The van der Waals surface area contributed by atoms with Crippen molar-refractivity contribution in [3.05, 3.63) is 84.7 Å². The lowest BCUT2D eigenvalue weighted by atomic mass is 10.2. The minimum Gasteiger partial charge on any atom is -0.493 e. The maximum Gasteiger partial charge on any atom is 0.339 e. The number of carbonyl (C=O) groups is 1. The molecule has 1 aliphatic heterocycles. The largest absolute Gasteiger partial charge is 0.493 e. The molecule has 7 nitrogen and oxygen atoms in total. The quantitative estimate of drug-likeness (QED) is 0.194. The third kappa shape index (κ3) is 6.08. The van der Waals surface area contributed by atoms with Gasteiger partial charge in [-0.05, 0) is 105 Å². The van der Waals surface area contributed by atoms with Gasteiger partial charge < -0.3 is 14.2 Å². The fraction of sp³-hybridized carbons (Fsp3) is 0.0833. The Morgan fingerprint density at radius 1 is 1.11 bits per heavy atom. The number of rotatable bonds is 6. The number of hydrogen-bond donors (Lipinski definition) is 1. The normalized spacial score (nSPS) is 15.9. The number of thioether (sulfide) groups is 1. The van der Waals surface area contributed by atoms with E-state index in [0.29, 0.717) is 20.1 Å². The molecule has 1 saturated heterocycles. The first kappa shape index (κ1) is 25.7. The molecule has 0 aliphatic carbocycles. The van der Waals surface area contributed by atoms with Crippen molar-refractivity contribution in [2.75, 3.05) is 7.11 Å². The number of amidine groups is 1. The van der Waals surface area contributed by atoms with E-state index in [1.54, 1.807) is 30.3 Å². The summed E-state index contributed by atoms with van der Waals surface area (Å²) >= 11 is 6.77. The van der Waals surface area contributed by atoms with Crippen molar-refractivity contribution in [2.24, 2.45) is 4.99 Å². The third-order valence-electron chi connectivity index (χ3n) is 4.78. The van der Waals surface area contributed by atoms with Gasteiger partial charge in [-0.25, -0.2) is 4.99 Å². The van der Waals surface area contributed by atoms with Crippen LogP contribution in [0.5, 0.6) is 11.5 Å². The number of aryl methyl sites for hydroxylation is 1. The second-order valence-electron chi connectivity index (χ2n) is 7.32. The fourth-order valence-corrected chi connectivity index (χ4v) is 6.00. The molecule has 1 N–H and O–H groups in total. The molecule has 3 aromatic carbocycles. The average molecular weight is 685 g/mol. The summed E-state index contributed by atoms with van der Waals surface area (Å²) in [5.74, 6) is -0.0743. The van der Waals surface area contributed by atoms with Gasteiger partial charge >= 0.3 is 10.1 Å². The van der Waals surface area contributed by atoms with E-state index in [2.05, 4.69) is 48.8 Å². The zero-order valence-corrected chi connectivity index (χ0v) is 23.8. The Labute approximate surface area is 229 Å². The van der Waals surface area contributed by atoms with Gasteiger partial charge in [0.25, 0.3) is 5.91 Å². The molecule has 0 bridgehead atoms. The summed E-state index contributed by atoms with van der Waals surface area (Å²) in [5.41, 5.74) is 2.31. The van der Waals surface area contributed by atoms with Crippen LogP contribution in [0.3, 0.4) is 0 Å². The Morgan fingerprint density at radius 3 is 2.51 bits per heavy atom. The molecule has 1 aliphatic rings. The molecule has 4 rings (SSSR count). The van der Waals surface area contributed by atoms with Gasteiger partial charge in [-0.2, -0.15) is 8.42 Å². The maximum atomic E-state index is 12.8. The molecule has 35 heavy (non-hydrogen) atoms. The number of para-hydroxylation sites is 1. The van der Waals surface area contributed by atoms with Gasteiger partial charge in [-0.15, -0.1) is 0 Å². The Hall–Kier alpha value is -2.35. The van der Waals surface area contributed by atoms with E-state index in [9.17, 15) is 13.2 Å². The minimum absolute atomic E-state index is 0.0136. The molecular weight excluding hydrogens is 667 g/mol. The molecule has 1 amide bonds. The molecule has 0 atom stereocenters. The van der Waals surface area contributed by atoms with Gasteiger partial charge in [-0.3, -0.25) is 4.79 Å². The summed E-state index contributed by atoms with van der Waals surface area (Å²) in [4.78, 5) is 17.5. The van der Waals surface area contributed by atoms with E-state index in [1.807, 2.05) is 31.2 Å². The number of halogens is 2. The highest BCUT2D eigenvalue weighted by molar-refractivity contribution is 14.1. The number of amides is 1. The van der Waals surface area contributed by atoms with Crippen LogP contribution in [0, 0.1) is 10.5 Å². The highest BCUT2D eigenvalue weighted by Gasteiger charge is 2.25. The molecule has 0 unspecified atom stereocenters. The second-order valence-corrected chi connectivity index (χ2v) is 11.9. The van der Waals surface area contributed by atoms with E-state index in [4.69, 9.17) is 8.92 Å². The van der Waals surface area contributed by atoms with Crippen molar-refractivity contribution in [3.63, 3.8) is 0 Å². The first-order chi connectivity index (χ1) is 16.7. The number of methoxy groups -OCH3 is 1. The van der Waals surface area contributed by atoms with E-state index in [0.717, 1.165) is 14.8 Å². The molecular formula is C24H18BrIN2O5S2. The van der Waals surface area contributed by atoms with Crippen LogP contribution in [0.1, 0.15) is 11.1 Å². The summed E-state index contributed by atoms with van der Waals surface area (Å²) < 4.78 is 37.7. The van der Waals surface area contributed by atoms with Crippen LogP contribution >= 0.6 is 50.3 Å². The molecule has 0 saturated carbocycles. The Morgan fingerprint density at radius 2 is 1.83 bits per heavy atom. The van der Waals surface area contributed by atoms with Crippen molar-refractivity contribution in [1.82, 2.24) is 5.32 Å². The predicted octanol–water partition coefficient (Wildman–Crippen LogP) is 6.03. The molecule has 3 aromatic rings. The lowest BCUT2D eigenvalue weighted by Gasteiger charge is -2.13. The highest BCUT2D eigenvalue weighted by atomic mass is 127. The summed E-state index contributed by atoms with van der Waals surface area (Å²) in [6.07, 6.45) is 1.67. The first-order valence-corrected chi connectivity index (χ1v) is 14.2. The number of hydrogen-bond acceptors (Lipinski definition) is 7. The second kappa shape index (κ2) is 10.7. The Bertz CT molecular complexity index is 1470. The zero-order chi connectivity index (χ0) is 25.2. The first-order valence-electron chi connectivity index (χ1n) is 10.1. The molecule has 0 spiro atoms. The Balaban J connectivity index is 1.61. The SMILES string of the molecule is COc1cc(/C=C2/SC(=Nc3ccccc3I)NC2=O)cc(Br)c1OS(=O)(=O)c1ccc(C)cc1. The maximum absolute atomic E-state index is 12.8. The number of aliphatic imine (C=N–C) groups is 1. The van der Waals surface area contributed by atoms with Crippen molar-refractivity contribution in [1.29, 1.82) is 0 Å². The lowest BCUT2D eigenvalue weighted by molar-refractivity contribution is -0.115. The van der Waals surface area contributed by atoms with Crippen molar-refractivity contribution < 1.29 is 22.1 Å². The van der Waals surface area contributed by atoms with E-state index < -0.39 is 10.1 Å². The summed E-state index contributed by atoms with van der Waals surface area (Å²) in [5, 5.41) is 3.24. The molecule has 0 aromatic heterocycles. The van der Waals surface area contributed by atoms with E-state index >= 15 is 0 Å². The monoisotopic (exact) mass is 684 g/mol. The Kier molecular flexibility index (Phi) is 7.89. The van der Waals surface area contributed by atoms with Gasteiger partial charge in [0, 0.05) is 3.57 Å². The molecule has 11 heteroatoms. The number of carbonyl (C=O) groups excluding carboxylic acids is 1. The standard InChI is InChI=1S/C24H18BrIN2O5S2/c1-14-7-9-16(10-8-14)35(30,31)33-22-17(25)11-15(12-20(22)32-2)13-21-23(29)28-24(34-21)27-19-6-4-3-5-18(19)26/h3-13H,1-2H3,(H,27,28,29)/b21-13+. The number of ether oxygens (including phenoxy) is 1. The van der Waals surface area contributed by atoms with Crippen LogP contribution in [-0.2, 0) is 14.9 Å². The van der Waals surface area contributed by atoms with Crippen molar-refractivity contribution in [2.45, 2.75) is 11.8 Å². The van der Waals surface area contributed by atoms with Crippen molar-refractivity contribution >= 4 is 83.2 Å². The number of nitrogens with one attached hydrogen (secondary N) is 1. The highest BCUT2D eigenvalue weighted by Crippen LogP contribution is 2.40. The van der Waals surface area contributed by atoms with Crippen LogP contribution in [0.15, 0.2) is 79.9 Å². The van der Waals surface area contributed by atoms with Gasteiger partial charge in [-0.1, -0.05) is 29.8 Å². The van der Waals surface area contributed by atoms with Gasteiger partial charge in [0.15, 0.2) is 16.7 Å². The number of nitrogens with zero attached hydrogens (tertiary/aromatic N) is 1. The van der Waals surface area contributed by atoms with Crippen molar-refractivity contribution in [3.8, 4) is 11.5 Å². The molecule has 1 heterocycles. The van der Waals surface area contributed by atoms with Crippen LogP contribution in [-0.4, -0.2) is 26.6 Å². The van der Waals surface area contributed by atoms with Crippen LogP contribution < -0.4 is 14.2 Å². The van der Waals surface area contributed by atoms with E-state index in [1.165, 1.54) is 31.0 Å². The van der Waals surface area contributed by atoms with Crippen LogP contribution in [0.4, 0.5) is 5.69 Å². The third-order valence-corrected chi connectivity index (χ3v) is 8.42. The average Bonchev–Trinajstić information content (AvgIpc) is 3.15. The van der Waals surface area contributed by atoms with Gasteiger partial charge in [0.2, 0.25) is 0 Å². The van der Waals surface area contributed by atoms with Gasteiger partial charge in [0.1, 0.15) is 4.90 Å². The predicted molar refractivity (Wildman–Crippen MR) is 150 cm³/mol. The van der Waals surface area contributed by atoms with Crippen LogP contribution in [0.25, 0.3) is 6.08 Å². The summed E-state index contributed by atoms with van der Waals surface area (Å²) in [7, 11) is -2.67. The lowest BCUT2D eigenvalue weighted by Crippen LogP contribution is -2.19. The van der Waals surface area contributed by atoms with E-state index in [-0.39, 0.29) is 22.3 Å². The van der Waals surface area contributed by atoms with Gasteiger partial charge in [0.05, 0.1) is 22.2 Å². The van der Waals surface area contributed by atoms with Crippen LogP contribution in [0.2, 0.25) is 0 Å². The smallest absolute Gasteiger partial charge is 0.339 e. The fourth-order valence-electron chi connectivity index (χ4n) is 3.05. The summed E-state index contributed by atoms with van der Waals surface area (Å²) in [6, 6.07) is 17.2.